The summed E-state index contributed by atoms with van der Waals surface area (Å²) in [6, 6.07) is -2.01. The Kier molecular flexibility index (Phi) is 6.19. The van der Waals surface area contributed by atoms with E-state index in [0.29, 0.717) is 17.9 Å². The molecule has 0 aromatic heterocycles. The van der Waals surface area contributed by atoms with Crippen molar-refractivity contribution in [1.82, 2.24) is 20.2 Å². The van der Waals surface area contributed by atoms with Gasteiger partial charge in [0, 0.05) is 19.6 Å². The van der Waals surface area contributed by atoms with Crippen LogP contribution in [-0.4, -0.2) is 97.1 Å². The Morgan fingerprint density at radius 1 is 1.29 bits per heavy atom. The molecule has 3 saturated heterocycles. The van der Waals surface area contributed by atoms with Crippen LogP contribution in [0, 0.1) is 5.41 Å². The lowest BCUT2D eigenvalue weighted by Gasteiger charge is -2.31. The summed E-state index contributed by atoms with van der Waals surface area (Å²) >= 11 is 0. The molecule has 13 heteroatoms. The number of rotatable bonds is 6. The average Bonchev–Trinajstić information content (AvgIpc) is 2.85. The molecule has 0 saturated carbocycles. The molecule has 2 bridgehead atoms. The summed E-state index contributed by atoms with van der Waals surface area (Å²) in [5, 5.41) is 11.2. The van der Waals surface area contributed by atoms with Gasteiger partial charge in [-0.25, -0.2) is 4.79 Å². The van der Waals surface area contributed by atoms with E-state index in [1.807, 2.05) is 7.05 Å². The minimum absolute atomic E-state index is 0.0119. The van der Waals surface area contributed by atoms with Gasteiger partial charge in [0.1, 0.15) is 12.4 Å². The van der Waals surface area contributed by atoms with Gasteiger partial charge in [0.15, 0.2) is 0 Å². The molecule has 0 aromatic carbocycles. The zero-order chi connectivity index (χ0) is 20.5. The Balaban J connectivity index is 1.49. The number of nitrogens with zero attached hydrogens (tertiary/aromatic N) is 3. The minimum Gasteiger partial charge on any atom is -0.368 e. The van der Waals surface area contributed by atoms with Crippen LogP contribution in [0.5, 0.6) is 0 Å². The van der Waals surface area contributed by atoms with Crippen molar-refractivity contribution >= 4 is 28.2 Å². The van der Waals surface area contributed by atoms with Crippen LogP contribution in [0.3, 0.4) is 0 Å². The van der Waals surface area contributed by atoms with E-state index in [1.165, 1.54) is 4.90 Å². The Labute approximate surface area is 163 Å². The third kappa shape index (κ3) is 4.97. The summed E-state index contributed by atoms with van der Waals surface area (Å²) in [6.45, 7) is 1.79. The number of carbonyl (C=O) groups excluding carboxylic acids is 2. The highest BCUT2D eigenvalue weighted by Gasteiger charge is 2.48. The highest BCUT2D eigenvalue weighted by Crippen LogP contribution is 2.30. The molecule has 3 aliphatic rings. The molecule has 3 fully saturated rings. The fourth-order valence-corrected chi connectivity index (χ4v) is 4.13. The summed E-state index contributed by atoms with van der Waals surface area (Å²) < 4.78 is 40.6. The molecule has 0 aromatic rings. The number of hydroxylamine groups is 2. The van der Waals surface area contributed by atoms with Gasteiger partial charge < -0.3 is 19.9 Å². The number of hydrogen-bond donors (Lipinski definition) is 3. The number of hydrogen-bond acceptors (Lipinski definition) is 8. The molecule has 2 atom stereocenters. The number of ether oxygens (including phenoxy) is 1. The second-order valence-electron chi connectivity index (χ2n) is 7.29. The number of urea groups is 1. The van der Waals surface area contributed by atoms with Gasteiger partial charge in [-0.1, -0.05) is 0 Å². The van der Waals surface area contributed by atoms with Gasteiger partial charge in [0.25, 0.3) is 5.91 Å². The highest BCUT2D eigenvalue weighted by atomic mass is 32.3. The maximum atomic E-state index is 12.3. The largest absolute Gasteiger partial charge is 0.418 e. The van der Waals surface area contributed by atoms with Crippen LogP contribution in [0.25, 0.3) is 0 Å². The van der Waals surface area contributed by atoms with E-state index in [0.717, 1.165) is 25.9 Å². The quantitative estimate of drug-likeness (QED) is 0.287. The molecule has 3 heterocycles. The minimum atomic E-state index is -4.82. The third-order valence-corrected chi connectivity index (χ3v) is 5.57. The first-order valence-electron chi connectivity index (χ1n) is 9.09. The number of amides is 3. The van der Waals surface area contributed by atoms with Crippen LogP contribution < -0.4 is 5.32 Å². The molecule has 158 valence electrons. The number of piperidine rings is 2. The van der Waals surface area contributed by atoms with Crippen molar-refractivity contribution in [3.05, 3.63) is 0 Å². The smallest absolute Gasteiger partial charge is 0.368 e. The van der Waals surface area contributed by atoms with Crippen LogP contribution in [0.1, 0.15) is 25.7 Å². The molecule has 0 radical (unpaired) electrons. The SMILES string of the molecule is CN1CCC(OCC(=O)NC(=N)[C@H]2CC[C@@H]3CN2C(=O)N3OS(=O)(=O)O)CC1. The van der Waals surface area contributed by atoms with Crippen LogP contribution >= 0.6 is 0 Å². The van der Waals surface area contributed by atoms with Crippen LogP contribution in [0.15, 0.2) is 0 Å². The molecule has 3 N–H and O–H groups in total. The van der Waals surface area contributed by atoms with Gasteiger partial charge in [0.05, 0.1) is 18.2 Å². The number of carbonyl (C=O) groups is 2. The lowest BCUT2D eigenvalue weighted by Crippen LogP contribution is -2.51. The van der Waals surface area contributed by atoms with E-state index in [4.69, 9.17) is 14.7 Å². The Hall–Kier alpha value is -1.80. The van der Waals surface area contributed by atoms with Crippen molar-refractivity contribution in [3.63, 3.8) is 0 Å². The van der Waals surface area contributed by atoms with E-state index in [-0.39, 0.29) is 25.1 Å². The van der Waals surface area contributed by atoms with Crippen molar-refractivity contribution in [2.24, 2.45) is 0 Å². The zero-order valence-electron chi connectivity index (χ0n) is 15.5. The standard InChI is InChI=1S/C15H25N5O7S/c1-18-6-4-11(5-7-18)26-9-13(21)17-14(16)12-3-2-10-8-19(12)15(22)20(10)27-28(23,24)25/h10-12H,2-9H2,1H3,(H2,16,17,21)(H,23,24,25)/t10-,12-/m1/s1. The molecule has 12 nitrogen and oxygen atoms in total. The Morgan fingerprint density at radius 2 is 1.96 bits per heavy atom. The molecule has 28 heavy (non-hydrogen) atoms. The number of fused-ring (bicyclic) bond motifs is 2. The molecule has 0 aliphatic carbocycles. The summed E-state index contributed by atoms with van der Waals surface area (Å²) in [5.74, 6) is -0.624. The second kappa shape index (κ2) is 8.29. The summed E-state index contributed by atoms with van der Waals surface area (Å²) in [4.78, 5) is 27.9. The normalized spacial score (nSPS) is 26.6. The summed E-state index contributed by atoms with van der Waals surface area (Å²) in [5.41, 5.74) is 0. The van der Waals surface area contributed by atoms with Crippen molar-refractivity contribution in [2.45, 2.75) is 43.9 Å². The summed E-state index contributed by atoms with van der Waals surface area (Å²) in [7, 11) is -2.79. The maximum Gasteiger partial charge on any atom is 0.418 e. The molecule has 3 amide bonds. The van der Waals surface area contributed by atoms with Gasteiger partial charge in [-0.3, -0.25) is 14.8 Å². The lowest BCUT2D eigenvalue weighted by atomic mass is 10.00. The van der Waals surface area contributed by atoms with Crippen LogP contribution in [0.4, 0.5) is 4.79 Å². The van der Waals surface area contributed by atoms with E-state index in [1.54, 1.807) is 0 Å². The van der Waals surface area contributed by atoms with Gasteiger partial charge >= 0.3 is 16.4 Å². The number of nitrogens with one attached hydrogen (secondary N) is 2. The van der Waals surface area contributed by atoms with Gasteiger partial charge in [-0.15, -0.1) is 4.28 Å². The van der Waals surface area contributed by atoms with Crippen LogP contribution in [-0.2, 0) is 24.2 Å². The Morgan fingerprint density at radius 3 is 2.61 bits per heavy atom. The molecule has 3 rings (SSSR count). The van der Waals surface area contributed by atoms with Gasteiger partial charge in [-0.05, 0) is 32.7 Å². The van der Waals surface area contributed by atoms with E-state index in [9.17, 15) is 18.0 Å². The van der Waals surface area contributed by atoms with E-state index in [2.05, 4.69) is 14.5 Å². The highest BCUT2D eigenvalue weighted by molar-refractivity contribution is 7.80. The first-order chi connectivity index (χ1) is 13.1. The fraction of sp³-hybridized carbons (Fsp3) is 0.800. The second-order valence-corrected chi connectivity index (χ2v) is 8.29. The number of amidine groups is 1. The molecule has 0 unspecified atom stereocenters. The average molecular weight is 419 g/mol. The lowest BCUT2D eigenvalue weighted by molar-refractivity contribution is -0.127. The topological polar surface area (TPSA) is 153 Å². The van der Waals surface area contributed by atoms with Crippen molar-refractivity contribution in [1.29, 1.82) is 5.41 Å². The monoisotopic (exact) mass is 419 g/mol. The van der Waals surface area contributed by atoms with E-state index >= 15 is 0 Å². The first-order valence-corrected chi connectivity index (χ1v) is 10.5. The summed E-state index contributed by atoms with van der Waals surface area (Å²) in [6.07, 6.45) is 2.43. The third-order valence-electron chi connectivity index (χ3n) is 5.22. The molecule has 3 aliphatic heterocycles. The van der Waals surface area contributed by atoms with Gasteiger partial charge in [-0.2, -0.15) is 13.5 Å². The zero-order valence-corrected chi connectivity index (χ0v) is 16.4. The van der Waals surface area contributed by atoms with E-state index < -0.39 is 34.4 Å². The van der Waals surface area contributed by atoms with Crippen molar-refractivity contribution < 1.29 is 31.6 Å². The molecule has 0 spiro atoms. The molecular formula is C15H25N5O7S. The fourth-order valence-electron chi connectivity index (χ4n) is 3.75. The van der Waals surface area contributed by atoms with Crippen molar-refractivity contribution in [2.75, 3.05) is 33.3 Å². The van der Waals surface area contributed by atoms with Gasteiger partial charge in [0.2, 0.25) is 0 Å². The number of likely N-dealkylation sites (tertiary alicyclic amines) is 1. The predicted molar refractivity (Wildman–Crippen MR) is 95.7 cm³/mol. The first kappa shape index (κ1) is 20.9. The predicted octanol–water partition coefficient (Wildman–Crippen LogP) is -0.806. The molecular weight excluding hydrogens is 394 g/mol. The van der Waals surface area contributed by atoms with Crippen LogP contribution in [0.2, 0.25) is 0 Å². The Bertz CT molecular complexity index is 737. The van der Waals surface area contributed by atoms with Crippen molar-refractivity contribution in [3.8, 4) is 0 Å². The maximum absolute atomic E-state index is 12.3.